The predicted molar refractivity (Wildman–Crippen MR) is 217 cm³/mol. The molecule has 4 heteroatoms. The summed E-state index contributed by atoms with van der Waals surface area (Å²) in [6.45, 7) is 0. The van der Waals surface area contributed by atoms with Crippen LogP contribution in [0.15, 0.2) is 192 Å². The summed E-state index contributed by atoms with van der Waals surface area (Å²) in [6, 6.07) is 65.1. The number of rotatable bonds is 6. The normalized spacial score (nSPS) is 11.4. The fraction of sp³-hybridized carbons (Fsp3) is 0. The Labute approximate surface area is 306 Å². The molecular formula is C49H31N3O. The topological polar surface area (TPSA) is 51.8 Å². The van der Waals surface area contributed by atoms with Crippen molar-refractivity contribution in [2.24, 2.45) is 0 Å². The van der Waals surface area contributed by atoms with E-state index < -0.39 is 0 Å². The standard InChI is InChI=1S/C49H31N3O/c1-4-12-32(13-5-1)33-20-22-34(23-21-33)35-24-26-38(27-25-35)48-50-47(37-16-8-3-9-17-37)51-49(52-48)42-29-28-41(36-14-6-2-7-15-36)46-45(42)43-30-39-18-10-11-19-40(39)31-44(43)53-46/h1-31H. The highest BCUT2D eigenvalue weighted by molar-refractivity contribution is 6.18. The molecule has 0 radical (unpaired) electrons. The van der Waals surface area contributed by atoms with Gasteiger partial charge in [0, 0.05) is 33.0 Å². The lowest BCUT2D eigenvalue weighted by atomic mass is 9.97. The van der Waals surface area contributed by atoms with Crippen LogP contribution in [-0.4, -0.2) is 15.0 Å². The minimum Gasteiger partial charge on any atom is -0.455 e. The van der Waals surface area contributed by atoms with Crippen molar-refractivity contribution in [2.75, 3.05) is 0 Å². The molecule has 248 valence electrons. The minimum absolute atomic E-state index is 0.593. The zero-order chi connectivity index (χ0) is 35.1. The first-order chi connectivity index (χ1) is 26.2. The fourth-order valence-electron chi connectivity index (χ4n) is 7.24. The second-order valence-corrected chi connectivity index (χ2v) is 13.2. The van der Waals surface area contributed by atoms with Gasteiger partial charge < -0.3 is 4.42 Å². The number of benzene rings is 8. The van der Waals surface area contributed by atoms with Gasteiger partial charge in [0.25, 0.3) is 0 Å². The summed E-state index contributed by atoms with van der Waals surface area (Å²) < 4.78 is 6.75. The van der Waals surface area contributed by atoms with E-state index in [0.29, 0.717) is 17.5 Å². The number of hydrogen-bond donors (Lipinski definition) is 0. The summed E-state index contributed by atoms with van der Waals surface area (Å²) >= 11 is 0. The highest BCUT2D eigenvalue weighted by Crippen LogP contribution is 2.42. The second-order valence-electron chi connectivity index (χ2n) is 13.2. The Kier molecular flexibility index (Phi) is 7.43. The molecule has 0 N–H and O–H groups in total. The Morgan fingerprint density at radius 3 is 1.32 bits per heavy atom. The molecule has 0 aliphatic heterocycles. The Hall–Kier alpha value is -7.17. The quantitative estimate of drug-likeness (QED) is 0.176. The first kappa shape index (κ1) is 30.6. The Morgan fingerprint density at radius 2 is 0.736 bits per heavy atom. The van der Waals surface area contributed by atoms with E-state index in [-0.39, 0.29) is 0 Å². The van der Waals surface area contributed by atoms with Crippen molar-refractivity contribution >= 4 is 32.7 Å². The average Bonchev–Trinajstić information content (AvgIpc) is 3.61. The Morgan fingerprint density at radius 1 is 0.321 bits per heavy atom. The first-order valence-electron chi connectivity index (χ1n) is 17.8. The zero-order valence-electron chi connectivity index (χ0n) is 28.6. The first-order valence-corrected chi connectivity index (χ1v) is 17.8. The van der Waals surface area contributed by atoms with E-state index in [9.17, 15) is 0 Å². The van der Waals surface area contributed by atoms with Crippen LogP contribution < -0.4 is 0 Å². The van der Waals surface area contributed by atoms with E-state index in [1.54, 1.807) is 0 Å². The Balaban J connectivity index is 1.13. The molecule has 0 saturated heterocycles. The number of furan rings is 1. The van der Waals surface area contributed by atoms with E-state index >= 15 is 0 Å². The highest BCUT2D eigenvalue weighted by atomic mass is 16.3. The molecule has 0 unspecified atom stereocenters. The lowest BCUT2D eigenvalue weighted by molar-refractivity contribution is 0.670. The summed E-state index contributed by atoms with van der Waals surface area (Å²) in [5.74, 6) is 1.82. The van der Waals surface area contributed by atoms with E-state index in [4.69, 9.17) is 19.4 Å². The van der Waals surface area contributed by atoms with Crippen molar-refractivity contribution < 1.29 is 4.42 Å². The third-order valence-electron chi connectivity index (χ3n) is 9.95. The van der Waals surface area contributed by atoms with Crippen LogP contribution in [0, 0.1) is 0 Å². The zero-order valence-corrected chi connectivity index (χ0v) is 28.6. The average molecular weight is 678 g/mol. The molecule has 2 aromatic heterocycles. The maximum atomic E-state index is 6.75. The SMILES string of the molecule is c1ccc(-c2ccc(-c3ccc(-c4nc(-c5ccccc5)nc(-c5ccc(-c6ccccc6)c6oc7cc8ccccc8cc7c56)n4)cc3)cc2)cc1. The molecule has 53 heavy (non-hydrogen) atoms. The van der Waals surface area contributed by atoms with Crippen molar-refractivity contribution in [1.82, 2.24) is 15.0 Å². The highest BCUT2D eigenvalue weighted by Gasteiger charge is 2.21. The van der Waals surface area contributed by atoms with Gasteiger partial charge in [0.2, 0.25) is 0 Å². The molecule has 10 aromatic rings. The van der Waals surface area contributed by atoms with Crippen LogP contribution in [0.25, 0.3) is 100 Å². The molecule has 0 aliphatic carbocycles. The van der Waals surface area contributed by atoms with Crippen LogP contribution in [0.5, 0.6) is 0 Å². The smallest absolute Gasteiger partial charge is 0.164 e. The van der Waals surface area contributed by atoms with Crippen molar-refractivity contribution in [3.8, 4) is 67.5 Å². The molecule has 0 amide bonds. The largest absolute Gasteiger partial charge is 0.455 e. The van der Waals surface area contributed by atoms with E-state index in [1.807, 2.05) is 42.5 Å². The monoisotopic (exact) mass is 677 g/mol. The molecule has 8 aromatic carbocycles. The molecule has 0 bridgehead atoms. The number of hydrogen-bond acceptors (Lipinski definition) is 4. The van der Waals surface area contributed by atoms with Gasteiger partial charge in [-0.3, -0.25) is 0 Å². The number of fused-ring (bicyclic) bond motifs is 4. The summed E-state index contributed by atoms with van der Waals surface area (Å²) in [5.41, 5.74) is 11.2. The van der Waals surface area contributed by atoms with Gasteiger partial charge in [-0.2, -0.15) is 0 Å². The summed E-state index contributed by atoms with van der Waals surface area (Å²) in [6.07, 6.45) is 0. The van der Waals surface area contributed by atoms with Gasteiger partial charge in [-0.15, -0.1) is 0 Å². The Bertz CT molecular complexity index is 2900. The molecule has 0 saturated carbocycles. The van der Waals surface area contributed by atoms with E-state index in [0.717, 1.165) is 71.7 Å². The van der Waals surface area contributed by atoms with Crippen LogP contribution in [0.3, 0.4) is 0 Å². The van der Waals surface area contributed by atoms with Crippen LogP contribution >= 0.6 is 0 Å². The molecule has 2 heterocycles. The minimum atomic E-state index is 0.593. The van der Waals surface area contributed by atoms with Crippen molar-refractivity contribution in [2.45, 2.75) is 0 Å². The summed E-state index contributed by atoms with van der Waals surface area (Å²) in [7, 11) is 0. The lowest BCUT2D eigenvalue weighted by Crippen LogP contribution is -2.00. The number of nitrogens with zero attached hydrogens (tertiary/aromatic N) is 3. The van der Waals surface area contributed by atoms with Gasteiger partial charge in [0.05, 0.1) is 0 Å². The van der Waals surface area contributed by atoms with Crippen molar-refractivity contribution in [3.05, 3.63) is 188 Å². The molecule has 10 rings (SSSR count). The van der Waals surface area contributed by atoms with Gasteiger partial charge in [-0.1, -0.05) is 164 Å². The van der Waals surface area contributed by atoms with Gasteiger partial charge in [-0.25, -0.2) is 15.0 Å². The third-order valence-corrected chi connectivity index (χ3v) is 9.95. The second kappa shape index (κ2) is 12.9. The van der Waals surface area contributed by atoms with Crippen LogP contribution in [0.4, 0.5) is 0 Å². The fourth-order valence-corrected chi connectivity index (χ4v) is 7.24. The third kappa shape index (κ3) is 5.63. The predicted octanol–water partition coefficient (Wildman–Crippen LogP) is 12.9. The maximum Gasteiger partial charge on any atom is 0.164 e. The molecule has 4 nitrogen and oxygen atoms in total. The molecule has 0 spiro atoms. The molecule has 0 aliphatic rings. The maximum absolute atomic E-state index is 6.75. The van der Waals surface area contributed by atoms with E-state index in [1.165, 1.54) is 11.1 Å². The van der Waals surface area contributed by atoms with Gasteiger partial charge >= 0.3 is 0 Å². The molecule has 0 fully saturated rings. The van der Waals surface area contributed by atoms with Gasteiger partial charge in [-0.05, 0) is 62.9 Å². The van der Waals surface area contributed by atoms with Crippen LogP contribution in [0.2, 0.25) is 0 Å². The van der Waals surface area contributed by atoms with Crippen molar-refractivity contribution in [1.29, 1.82) is 0 Å². The van der Waals surface area contributed by atoms with Crippen LogP contribution in [-0.2, 0) is 0 Å². The lowest BCUT2D eigenvalue weighted by Gasteiger charge is -2.11. The molecular weight excluding hydrogens is 647 g/mol. The van der Waals surface area contributed by atoms with Gasteiger partial charge in [0.1, 0.15) is 11.2 Å². The number of aromatic nitrogens is 3. The summed E-state index contributed by atoms with van der Waals surface area (Å²) in [5, 5.41) is 4.29. The van der Waals surface area contributed by atoms with Crippen LogP contribution in [0.1, 0.15) is 0 Å². The van der Waals surface area contributed by atoms with Gasteiger partial charge in [0.15, 0.2) is 17.5 Å². The summed E-state index contributed by atoms with van der Waals surface area (Å²) in [4.78, 5) is 15.4. The van der Waals surface area contributed by atoms with Crippen molar-refractivity contribution in [3.63, 3.8) is 0 Å². The van der Waals surface area contributed by atoms with E-state index in [2.05, 4.69) is 146 Å². The molecule has 0 atom stereocenters.